The van der Waals surface area contributed by atoms with Crippen LogP contribution in [0.5, 0.6) is 11.5 Å². The predicted octanol–water partition coefficient (Wildman–Crippen LogP) is 3.37. The van der Waals surface area contributed by atoms with Crippen LogP contribution in [-0.4, -0.2) is 63.6 Å². The zero-order valence-electron chi connectivity index (χ0n) is 18.1. The van der Waals surface area contributed by atoms with Gasteiger partial charge in [0, 0.05) is 30.6 Å². The lowest BCUT2D eigenvalue weighted by atomic mass is 10.0. The van der Waals surface area contributed by atoms with Gasteiger partial charge in [-0.25, -0.2) is 0 Å². The third kappa shape index (κ3) is 6.26. The molecule has 0 bridgehead atoms. The van der Waals surface area contributed by atoms with Gasteiger partial charge in [-0.05, 0) is 57.0 Å². The Bertz CT molecular complexity index is 1040. The Hall–Kier alpha value is -3.52. The summed E-state index contributed by atoms with van der Waals surface area (Å²) in [5.74, 6) is -0.998. The van der Waals surface area contributed by atoms with Crippen molar-refractivity contribution in [3.05, 3.63) is 29.3 Å². The number of nitrogens with zero attached hydrogens (tertiary/aromatic N) is 4. The van der Waals surface area contributed by atoms with E-state index in [9.17, 15) is 23.9 Å². The molecule has 0 radical (unpaired) electrons. The normalized spacial score (nSPS) is 16.4. The number of carboxylic acid groups (broad SMARTS) is 1. The van der Waals surface area contributed by atoms with E-state index in [2.05, 4.69) is 31.2 Å². The van der Waals surface area contributed by atoms with Crippen LogP contribution < -0.4 is 10.1 Å². The number of halogens is 2. The Morgan fingerprint density at radius 2 is 2.21 bits per heavy atom. The van der Waals surface area contributed by atoms with E-state index in [0.717, 1.165) is 25.5 Å². The molecule has 3 rings (SSSR count). The molecule has 0 saturated carbocycles. The second kappa shape index (κ2) is 10.9. The molecular formula is C22H25F2N5O4. The highest BCUT2D eigenvalue weighted by Gasteiger charge is 2.23. The van der Waals surface area contributed by atoms with E-state index in [-0.39, 0.29) is 40.8 Å². The second-order valence-electron chi connectivity index (χ2n) is 7.85. The molecule has 1 fully saturated rings. The topological polar surface area (TPSA) is 132 Å². The van der Waals surface area contributed by atoms with Crippen molar-refractivity contribution in [1.82, 2.24) is 15.1 Å². The van der Waals surface area contributed by atoms with Crippen molar-refractivity contribution < 1.29 is 28.5 Å². The largest absolute Gasteiger partial charge is 0.507 e. The van der Waals surface area contributed by atoms with Gasteiger partial charge in [-0.2, -0.15) is 14.0 Å². The van der Waals surface area contributed by atoms with Crippen LogP contribution in [0.3, 0.4) is 0 Å². The Morgan fingerprint density at radius 3 is 2.88 bits per heavy atom. The highest BCUT2D eigenvalue weighted by Crippen LogP contribution is 2.35. The highest BCUT2D eigenvalue weighted by molar-refractivity contribution is 5.74. The van der Waals surface area contributed by atoms with E-state index < -0.39 is 12.6 Å². The van der Waals surface area contributed by atoms with Gasteiger partial charge in [-0.15, -0.1) is 10.2 Å². The van der Waals surface area contributed by atoms with Crippen molar-refractivity contribution in [3.8, 4) is 28.8 Å². The number of anilines is 1. The molecule has 0 spiro atoms. The van der Waals surface area contributed by atoms with Crippen molar-refractivity contribution in [2.75, 3.05) is 25.0 Å². The summed E-state index contributed by atoms with van der Waals surface area (Å²) in [5, 5.41) is 40.4. The number of phenols is 1. The summed E-state index contributed by atoms with van der Waals surface area (Å²) < 4.78 is 29.1. The molecule has 0 amide bonds. The van der Waals surface area contributed by atoms with Gasteiger partial charge < -0.3 is 25.2 Å². The molecule has 2 heterocycles. The number of hydrogen-bond acceptors (Lipinski definition) is 8. The maximum Gasteiger partial charge on any atom is 0.387 e. The summed E-state index contributed by atoms with van der Waals surface area (Å²) >= 11 is 0. The van der Waals surface area contributed by atoms with Gasteiger partial charge in [-0.1, -0.05) is 0 Å². The number of carbonyl (C=O) groups is 1. The average molecular weight is 461 g/mol. The number of alkyl halides is 2. The summed E-state index contributed by atoms with van der Waals surface area (Å²) in [6.45, 7) is 0.927. The van der Waals surface area contributed by atoms with Crippen LogP contribution in [0.2, 0.25) is 0 Å². The third-order valence-electron chi connectivity index (χ3n) is 5.49. The van der Waals surface area contributed by atoms with Gasteiger partial charge in [-0.3, -0.25) is 4.79 Å². The van der Waals surface area contributed by atoms with Crippen LogP contribution in [0.25, 0.3) is 11.3 Å². The van der Waals surface area contributed by atoms with Gasteiger partial charge in [0.15, 0.2) is 5.82 Å². The molecule has 1 saturated heterocycles. The number of aromatic hydroxyl groups is 1. The molecular weight excluding hydrogens is 436 g/mol. The van der Waals surface area contributed by atoms with Crippen LogP contribution >= 0.6 is 0 Å². The van der Waals surface area contributed by atoms with Gasteiger partial charge in [0.05, 0.1) is 0 Å². The standard InChI is InChI=1S/C22H25F2N5O4/c1-13-17(11-25)21(26-14-4-2-8-29(12-14)9-3-5-19(31)32)28-27-20(13)16-7-6-15(10-18(16)30)33-22(23)24/h6-7,10,14,22,30H,2-5,8-9,12H2,1H3,(H,26,28)(H,31,32). The number of aliphatic carboxylic acids is 1. The first-order valence-corrected chi connectivity index (χ1v) is 10.5. The molecule has 9 nitrogen and oxygen atoms in total. The van der Waals surface area contributed by atoms with Gasteiger partial charge in [0.1, 0.15) is 28.8 Å². The summed E-state index contributed by atoms with van der Waals surface area (Å²) in [7, 11) is 0. The molecule has 1 unspecified atom stereocenters. The Balaban J connectivity index is 1.76. The Morgan fingerprint density at radius 1 is 1.42 bits per heavy atom. The van der Waals surface area contributed by atoms with E-state index in [4.69, 9.17) is 5.11 Å². The highest BCUT2D eigenvalue weighted by atomic mass is 19.3. The molecule has 3 N–H and O–H groups in total. The number of hydrogen-bond donors (Lipinski definition) is 3. The monoisotopic (exact) mass is 461 g/mol. The fraction of sp³-hybridized carbons (Fsp3) is 0.455. The maximum atomic E-state index is 12.4. The lowest BCUT2D eigenvalue weighted by Crippen LogP contribution is -2.42. The first kappa shape index (κ1) is 24.1. The van der Waals surface area contributed by atoms with Crippen LogP contribution in [-0.2, 0) is 4.79 Å². The average Bonchev–Trinajstić information content (AvgIpc) is 2.74. The number of nitriles is 1. The maximum absolute atomic E-state index is 12.4. The molecule has 1 aromatic heterocycles. The van der Waals surface area contributed by atoms with Crippen molar-refractivity contribution >= 4 is 11.8 Å². The van der Waals surface area contributed by atoms with Crippen molar-refractivity contribution in [2.24, 2.45) is 0 Å². The lowest BCUT2D eigenvalue weighted by molar-refractivity contribution is -0.137. The smallest absolute Gasteiger partial charge is 0.387 e. The van der Waals surface area contributed by atoms with Gasteiger partial charge in [0.25, 0.3) is 0 Å². The zero-order chi connectivity index (χ0) is 24.0. The van der Waals surface area contributed by atoms with E-state index >= 15 is 0 Å². The number of piperidine rings is 1. The number of aromatic nitrogens is 2. The minimum Gasteiger partial charge on any atom is -0.507 e. The summed E-state index contributed by atoms with van der Waals surface area (Å²) in [6, 6.07) is 5.87. The molecule has 1 aliphatic heterocycles. The summed E-state index contributed by atoms with van der Waals surface area (Å²) in [6.07, 6.45) is 2.50. The lowest BCUT2D eigenvalue weighted by Gasteiger charge is -2.33. The minimum absolute atomic E-state index is 0.0226. The third-order valence-corrected chi connectivity index (χ3v) is 5.49. The number of likely N-dealkylation sites (tertiary alicyclic amines) is 1. The van der Waals surface area contributed by atoms with Crippen LogP contribution in [0.4, 0.5) is 14.6 Å². The van der Waals surface area contributed by atoms with Gasteiger partial charge in [0.2, 0.25) is 0 Å². The first-order chi connectivity index (χ1) is 15.8. The fourth-order valence-corrected chi connectivity index (χ4v) is 3.93. The Kier molecular flexibility index (Phi) is 7.95. The zero-order valence-corrected chi connectivity index (χ0v) is 18.1. The molecule has 1 atom stereocenters. The predicted molar refractivity (Wildman–Crippen MR) is 115 cm³/mol. The number of nitrogens with one attached hydrogen (secondary N) is 1. The van der Waals surface area contributed by atoms with E-state index in [1.165, 1.54) is 12.1 Å². The first-order valence-electron chi connectivity index (χ1n) is 10.5. The van der Waals surface area contributed by atoms with Crippen LogP contribution in [0, 0.1) is 18.3 Å². The fourth-order valence-electron chi connectivity index (χ4n) is 3.93. The van der Waals surface area contributed by atoms with Crippen molar-refractivity contribution in [2.45, 2.75) is 45.3 Å². The summed E-state index contributed by atoms with van der Waals surface area (Å²) in [5.41, 5.74) is 1.27. The van der Waals surface area contributed by atoms with E-state index in [1.807, 2.05) is 0 Å². The minimum atomic E-state index is -3.01. The van der Waals surface area contributed by atoms with E-state index in [1.54, 1.807) is 6.92 Å². The molecule has 1 aromatic carbocycles. The quantitative estimate of drug-likeness (QED) is 0.514. The van der Waals surface area contributed by atoms with Crippen LogP contribution in [0.15, 0.2) is 18.2 Å². The number of benzene rings is 1. The van der Waals surface area contributed by atoms with E-state index in [0.29, 0.717) is 30.9 Å². The number of phenolic OH excluding ortho intramolecular Hbond substituents is 1. The van der Waals surface area contributed by atoms with Crippen LogP contribution in [0.1, 0.15) is 36.8 Å². The molecule has 1 aliphatic rings. The molecule has 176 valence electrons. The SMILES string of the molecule is Cc1c(-c2ccc(OC(F)F)cc2O)nnc(NC2CCCN(CCCC(=O)O)C2)c1C#N. The Labute approximate surface area is 189 Å². The molecule has 2 aromatic rings. The molecule has 11 heteroatoms. The van der Waals surface area contributed by atoms with Crippen molar-refractivity contribution in [1.29, 1.82) is 5.26 Å². The van der Waals surface area contributed by atoms with Crippen molar-refractivity contribution in [3.63, 3.8) is 0 Å². The number of ether oxygens (including phenoxy) is 1. The number of carboxylic acids is 1. The second-order valence-corrected chi connectivity index (χ2v) is 7.85. The summed E-state index contributed by atoms with van der Waals surface area (Å²) in [4.78, 5) is 12.9. The molecule has 33 heavy (non-hydrogen) atoms. The number of rotatable bonds is 9. The molecule has 0 aliphatic carbocycles. The van der Waals surface area contributed by atoms with Gasteiger partial charge >= 0.3 is 12.6 Å².